The fourth-order valence-electron chi connectivity index (χ4n) is 4.00. The van der Waals surface area contributed by atoms with Gasteiger partial charge in [0.2, 0.25) is 0 Å². The van der Waals surface area contributed by atoms with Crippen LogP contribution >= 0.6 is 0 Å². The number of anilines is 1. The number of amides is 2. The molecule has 0 atom stereocenters. The molecule has 1 spiro atoms. The van der Waals surface area contributed by atoms with Crippen molar-refractivity contribution in [1.29, 1.82) is 0 Å². The molecule has 1 aliphatic heterocycles. The molecule has 0 bridgehead atoms. The number of ether oxygens (including phenoxy) is 1. The normalized spacial score (nSPS) is 27.2. The van der Waals surface area contributed by atoms with Gasteiger partial charge in [-0.1, -0.05) is 0 Å². The molecule has 0 radical (unpaired) electrons. The number of aromatic nitrogens is 2. The Labute approximate surface area is 141 Å². The molecule has 1 saturated heterocycles. The van der Waals surface area contributed by atoms with Gasteiger partial charge in [-0.2, -0.15) is 0 Å². The zero-order chi connectivity index (χ0) is 16.4. The summed E-state index contributed by atoms with van der Waals surface area (Å²) in [7, 11) is 0. The Bertz CT molecular complexity index is 711. The second kappa shape index (κ2) is 6.43. The maximum absolute atomic E-state index is 12.3. The zero-order valence-electron chi connectivity index (χ0n) is 13.8. The lowest BCUT2D eigenvalue weighted by atomic mass is 9.78. The minimum absolute atomic E-state index is 0.0927. The highest BCUT2D eigenvalue weighted by Gasteiger charge is 2.37. The summed E-state index contributed by atoms with van der Waals surface area (Å²) in [6, 6.07) is 1.97. The van der Waals surface area contributed by atoms with Crippen molar-refractivity contribution in [3.05, 3.63) is 24.7 Å². The van der Waals surface area contributed by atoms with E-state index < -0.39 is 0 Å². The van der Waals surface area contributed by atoms with Crippen LogP contribution in [0.25, 0.3) is 10.9 Å². The van der Waals surface area contributed by atoms with E-state index in [2.05, 4.69) is 20.6 Å². The Morgan fingerprint density at radius 3 is 2.96 bits per heavy atom. The first-order chi connectivity index (χ1) is 11.7. The van der Waals surface area contributed by atoms with Crippen LogP contribution in [-0.2, 0) is 4.74 Å². The van der Waals surface area contributed by atoms with Crippen LogP contribution in [0.3, 0.4) is 0 Å². The summed E-state index contributed by atoms with van der Waals surface area (Å²) < 4.78 is 6.05. The Kier molecular flexibility index (Phi) is 4.14. The molecule has 3 N–H and O–H groups in total. The molecule has 24 heavy (non-hydrogen) atoms. The predicted molar refractivity (Wildman–Crippen MR) is 93.0 cm³/mol. The molecule has 0 unspecified atom stereocenters. The van der Waals surface area contributed by atoms with Gasteiger partial charge in [0, 0.05) is 36.6 Å². The van der Waals surface area contributed by atoms with Gasteiger partial charge in [0.05, 0.1) is 16.8 Å². The van der Waals surface area contributed by atoms with Crippen molar-refractivity contribution in [1.82, 2.24) is 15.3 Å². The van der Waals surface area contributed by atoms with Crippen LogP contribution in [0.2, 0.25) is 0 Å². The highest BCUT2D eigenvalue weighted by molar-refractivity contribution is 6.00. The number of fused-ring (bicyclic) bond motifs is 1. The number of hydrogen-bond donors (Lipinski definition) is 3. The lowest BCUT2D eigenvalue weighted by molar-refractivity contribution is -0.102. The van der Waals surface area contributed by atoms with Crippen LogP contribution in [0, 0.1) is 0 Å². The molecule has 6 nitrogen and oxygen atoms in total. The molecule has 3 heterocycles. The van der Waals surface area contributed by atoms with Crippen molar-refractivity contribution in [3.8, 4) is 0 Å². The van der Waals surface area contributed by atoms with Crippen molar-refractivity contribution in [2.45, 2.75) is 56.6 Å². The van der Waals surface area contributed by atoms with Crippen LogP contribution < -0.4 is 10.6 Å². The molecule has 0 aromatic carbocycles. The summed E-state index contributed by atoms with van der Waals surface area (Å²) >= 11 is 0. The van der Waals surface area contributed by atoms with Gasteiger partial charge in [-0.3, -0.25) is 4.98 Å². The van der Waals surface area contributed by atoms with Gasteiger partial charge in [-0.15, -0.1) is 0 Å². The van der Waals surface area contributed by atoms with Crippen LogP contribution in [0.5, 0.6) is 0 Å². The summed E-state index contributed by atoms with van der Waals surface area (Å²) in [5, 5.41) is 6.96. The summed E-state index contributed by atoms with van der Waals surface area (Å²) in [6.45, 7) is 0.896. The Hall–Kier alpha value is -2.08. The SMILES string of the molecule is O=C(Nc1c[nH]c2ccncc12)NC1CCC2(CCCCO2)CC1. The molecule has 2 aromatic heterocycles. The first kappa shape index (κ1) is 15.4. The lowest BCUT2D eigenvalue weighted by Crippen LogP contribution is -2.47. The van der Waals surface area contributed by atoms with Crippen LogP contribution in [0.4, 0.5) is 10.5 Å². The minimum Gasteiger partial charge on any atom is -0.375 e. The van der Waals surface area contributed by atoms with E-state index in [1.165, 1.54) is 19.3 Å². The summed E-state index contributed by atoms with van der Waals surface area (Å²) in [5.41, 5.74) is 1.82. The van der Waals surface area contributed by atoms with Crippen LogP contribution in [0.1, 0.15) is 44.9 Å². The Morgan fingerprint density at radius 1 is 1.29 bits per heavy atom. The third-order valence-corrected chi connectivity index (χ3v) is 5.40. The molecule has 2 aliphatic rings. The zero-order valence-corrected chi connectivity index (χ0v) is 13.8. The van der Waals surface area contributed by atoms with Gasteiger partial charge in [0.15, 0.2) is 0 Å². The highest BCUT2D eigenvalue weighted by Crippen LogP contribution is 2.38. The van der Waals surface area contributed by atoms with Gasteiger partial charge in [-0.05, 0) is 51.0 Å². The number of rotatable bonds is 2. The van der Waals surface area contributed by atoms with Crippen molar-refractivity contribution in [3.63, 3.8) is 0 Å². The number of carbonyl (C=O) groups excluding carboxylic acids is 1. The monoisotopic (exact) mass is 328 g/mol. The van der Waals surface area contributed by atoms with Crippen LogP contribution in [0.15, 0.2) is 24.7 Å². The van der Waals surface area contributed by atoms with Gasteiger partial charge < -0.3 is 20.4 Å². The fourth-order valence-corrected chi connectivity index (χ4v) is 4.00. The number of nitrogens with one attached hydrogen (secondary N) is 3. The van der Waals surface area contributed by atoms with Gasteiger partial charge in [0.25, 0.3) is 0 Å². The molecule has 2 amide bonds. The molecule has 2 fully saturated rings. The first-order valence-electron chi connectivity index (χ1n) is 8.87. The second-order valence-corrected chi connectivity index (χ2v) is 6.98. The largest absolute Gasteiger partial charge is 0.375 e. The van der Waals surface area contributed by atoms with Gasteiger partial charge in [0.1, 0.15) is 0 Å². The average Bonchev–Trinajstić information content (AvgIpc) is 3.01. The minimum atomic E-state index is -0.148. The molecular weight excluding hydrogens is 304 g/mol. The summed E-state index contributed by atoms with van der Waals surface area (Å²) in [5.74, 6) is 0. The molecule has 128 valence electrons. The maximum atomic E-state index is 12.3. The van der Waals surface area contributed by atoms with E-state index in [1.54, 1.807) is 18.6 Å². The molecule has 2 aromatic rings. The van der Waals surface area contributed by atoms with Gasteiger partial charge >= 0.3 is 6.03 Å². The van der Waals surface area contributed by atoms with Crippen LogP contribution in [-0.4, -0.2) is 34.2 Å². The van der Waals surface area contributed by atoms with E-state index in [1.807, 2.05) is 6.07 Å². The van der Waals surface area contributed by atoms with Crippen molar-refractivity contribution < 1.29 is 9.53 Å². The fraction of sp³-hybridized carbons (Fsp3) is 0.556. The Balaban J connectivity index is 1.32. The first-order valence-corrected chi connectivity index (χ1v) is 8.87. The van der Waals surface area contributed by atoms with E-state index in [0.717, 1.165) is 48.9 Å². The van der Waals surface area contributed by atoms with E-state index in [0.29, 0.717) is 0 Å². The van der Waals surface area contributed by atoms with E-state index in [4.69, 9.17) is 4.74 Å². The number of pyridine rings is 1. The molecule has 1 saturated carbocycles. The third kappa shape index (κ3) is 3.11. The maximum Gasteiger partial charge on any atom is 0.319 e. The number of H-pyrrole nitrogens is 1. The van der Waals surface area contributed by atoms with Crippen molar-refractivity contribution >= 4 is 22.6 Å². The van der Waals surface area contributed by atoms with Crippen molar-refractivity contribution in [2.24, 2.45) is 0 Å². The van der Waals surface area contributed by atoms with E-state index in [9.17, 15) is 4.79 Å². The summed E-state index contributed by atoms with van der Waals surface area (Å²) in [6.07, 6.45) is 13.0. The molecule has 1 aliphatic carbocycles. The third-order valence-electron chi connectivity index (χ3n) is 5.40. The molecule has 4 rings (SSSR count). The standard InChI is InChI=1S/C18H24N4O2/c23-17(22-16-12-20-15-5-9-19-11-14(15)16)21-13-3-7-18(8-4-13)6-1-2-10-24-18/h5,9,11-13,20H,1-4,6-8,10H2,(H2,21,22,23). The number of urea groups is 1. The lowest BCUT2D eigenvalue weighted by Gasteiger charge is -2.42. The highest BCUT2D eigenvalue weighted by atomic mass is 16.5. The average molecular weight is 328 g/mol. The van der Waals surface area contributed by atoms with Crippen molar-refractivity contribution in [2.75, 3.05) is 11.9 Å². The number of hydrogen-bond acceptors (Lipinski definition) is 3. The smallest absolute Gasteiger partial charge is 0.319 e. The predicted octanol–water partition coefficient (Wildman–Crippen LogP) is 3.57. The Morgan fingerprint density at radius 2 is 2.17 bits per heavy atom. The number of nitrogens with zero attached hydrogens (tertiary/aromatic N) is 1. The number of aromatic amines is 1. The van der Waals surface area contributed by atoms with Gasteiger partial charge in [-0.25, -0.2) is 4.79 Å². The topological polar surface area (TPSA) is 79.0 Å². The van der Waals surface area contributed by atoms with E-state index in [-0.39, 0.29) is 17.7 Å². The summed E-state index contributed by atoms with van der Waals surface area (Å²) in [4.78, 5) is 19.6. The number of carbonyl (C=O) groups is 1. The quantitative estimate of drug-likeness (QED) is 0.788. The molecular formula is C18H24N4O2. The van der Waals surface area contributed by atoms with E-state index >= 15 is 0 Å². The second-order valence-electron chi connectivity index (χ2n) is 6.98. The molecule has 6 heteroatoms.